The average molecular weight is 428 g/mol. The number of imide groups is 1. The van der Waals surface area contributed by atoms with Crippen molar-refractivity contribution in [3.63, 3.8) is 0 Å². The number of methoxy groups -OCH3 is 1. The smallest absolute Gasteiger partial charge is 0.256 e. The first kappa shape index (κ1) is 20.2. The van der Waals surface area contributed by atoms with Crippen molar-refractivity contribution < 1.29 is 19.1 Å². The molecule has 1 N–H and O–H groups in total. The highest BCUT2D eigenvalue weighted by atomic mass is 35.5. The van der Waals surface area contributed by atoms with E-state index in [1.807, 2.05) is 18.2 Å². The molecule has 2 aliphatic rings. The van der Waals surface area contributed by atoms with Gasteiger partial charge >= 0.3 is 0 Å². The molecule has 2 aromatic rings. The Morgan fingerprint density at radius 2 is 1.97 bits per heavy atom. The molecule has 0 spiro atoms. The summed E-state index contributed by atoms with van der Waals surface area (Å²) >= 11 is 6.15. The van der Waals surface area contributed by atoms with Crippen molar-refractivity contribution in [2.75, 3.05) is 28.8 Å². The van der Waals surface area contributed by atoms with Crippen LogP contribution >= 0.6 is 11.6 Å². The highest BCUT2D eigenvalue weighted by molar-refractivity contribution is 6.32. The number of rotatable bonds is 4. The van der Waals surface area contributed by atoms with E-state index in [0.717, 1.165) is 33.8 Å². The Labute approximate surface area is 179 Å². The maximum absolute atomic E-state index is 13.1. The van der Waals surface area contributed by atoms with Crippen LogP contribution in [0.2, 0.25) is 5.02 Å². The molecule has 1 unspecified atom stereocenters. The Balaban J connectivity index is 1.57. The van der Waals surface area contributed by atoms with E-state index in [1.165, 1.54) is 7.11 Å². The van der Waals surface area contributed by atoms with E-state index in [2.05, 4.69) is 5.32 Å². The van der Waals surface area contributed by atoms with Crippen molar-refractivity contribution in [2.24, 2.45) is 0 Å². The predicted octanol–water partition coefficient (Wildman–Crippen LogP) is 3.31. The summed E-state index contributed by atoms with van der Waals surface area (Å²) in [6.45, 7) is 4.00. The molecule has 2 aromatic carbocycles. The monoisotopic (exact) mass is 427 g/mol. The van der Waals surface area contributed by atoms with Gasteiger partial charge in [0.2, 0.25) is 11.8 Å². The van der Waals surface area contributed by atoms with Crippen molar-refractivity contribution >= 4 is 46.4 Å². The Kier molecular flexibility index (Phi) is 5.15. The number of hydrogen-bond donors (Lipinski definition) is 1. The Hall–Kier alpha value is -3.06. The van der Waals surface area contributed by atoms with Gasteiger partial charge in [0.25, 0.3) is 5.91 Å². The third-order valence-electron chi connectivity index (χ3n) is 5.54. The zero-order chi connectivity index (χ0) is 21.6. The Morgan fingerprint density at radius 1 is 1.20 bits per heavy atom. The van der Waals surface area contributed by atoms with Crippen molar-refractivity contribution in [3.05, 3.63) is 46.5 Å². The van der Waals surface area contributed by atoms with Crippen LogP contribution in [0.3, 0.4) is 0 Å². The van der Waals surface area contributed by atoms with Gasteiger partial charge in [-0.1, -0.05) is 11.6 Å². The van der Waals surface area contributed by atoms with Crippen LogP contribution in [0.4, 0.5) is 17.1 Å². The van der Waals surface area contributed by atoms with E-state index in [9.17, 15) is 14.4 Å². The van der Waals surface area contributed by atoms with Crippen LogP contribution in [0.5, 0.6) is 5.75 Å². The number of hydrogen-bond acceptors (Lipinski definition) is 5. The number of benzene rings is 2. The van der Waals surface area contributed by atoms with E-state index in [4.69, 9.17) is 16.3 Å². The molecule has 0 aromatic heterocycles. The van der Waals surface area contributed by atoms with Gasteiger partial charge in [0.05, 0.1) is 19.2 Å². The van der Waals surface area contributed by atoms with Crippen molar-refractivity contribution in [2.45, 2.75) is 32.7 Å². The quantitative estimate of drug-likeness (QED) is 0.757. The summed E-state index contributed by atoms with van der Waals surface area (Å²) in [4.78, 5) is 40.4. The predicted molar refractivity (Wildman–Crippen MR) is 115 cm³/mol. The second-order valence-corrected chi connectivity index (χ2v) is 7.91. The third kappa shape index (κ3) is 3.39. The van der Waals surface area contributed by atoms with E-state index < -0.39 is 6.04 Å². The number of ether oxygens (including phenoxy) is 1. The number of carbonyl (C=O) groups is 3. The highest BCUT2D eigenvalue weighted by Crippen LogP contribution is 2.37. The van der Waals surface area contributed by atoms with E-state index in [-0.39, 0.29) is 24.1 Å². The summed E-state index contributed by atoms with van der Waals surface area (Å²) in [6.07, 6.45) is 0.801. The second-order valence-electron chi connectivity index (χ2n) is 7.51. The van der Waals surface area contributed by atoms with Crippen LogP contribution in [0.25, 0.3) is 0 Å². The van der Waals surface area contributed by atoms with Crippen LogP contribution in [0.1, 0.15) is 24.5 Å². The van der Waals surface area contributed by atoms with E-state index in [0.29, 0.717) is 23.0 Å². The first-order chi connectivity index (χ1) is 14.3. The van der Waals surface area contributed by atoms with Crippen LogP contribution in [0, 0.1) is 6.92 Å². The molecular formula is C22H22ClN3O4. The van der Waals surface area contributed by atoms with Gasteiger partial charge in [0.15, 0.2) is 0 Å². The molecule has 0 bridgehead atoms. The molecule has 8 heteroatoms. The molecule has 1 atom stereocenters. The molecule has 156 valence electrons. The van der Waals surface area contributed by atoms with Crippen molar-refractivity contribution in [1.82, 2.24) is 0 Å². The molecule has 3 amide bonds. The lowest BCUT2D eigenvalue weighted by atomic mass is 10.1. The number of fused-ring (bicyclic) bond motifs is 1. The van der Waals surface area contributed by atoms with E-state index >= 15 is 0 Å². The number of anilines is 3. The molecule has 1 fully saturated rings. The number of aryl methyl sites for hydroxylation is 1. The highest BCUT2D eigenvalue weighted by Gasteiger charge is 2.41. The molecule has 0 saturated carbocycles. The summed E-state index contributed by atoms with van der Waals surface area (Å²) in [5.41, 5.74) is 3.82. The molecule has 1 saturated heterocycles. The molecule has 7 nitrogen and oxygen atoms in total. The largest absolute Gasteiger partial charge is 0.495 e. The van der Waals surface area contributed by atoms with Gasteiger partial charge in [0, 0.05) is 35.9 Å². The first-order valence-electron chi connectivity index (χ1n) is 9.68. The average Bonchev–Trinajstić information content (AvgIpc) is 3.24. The topological polar surface area (TPSA) is 79.0 Å². The van der Waals surface area contributed by atoms with E-state index in [1.54, 1.807) is 30.9 Å². The molecule has 30 heavy (non-hydrogen) atoms. The van der Waals surface area contributed by atoms with Gasteiger partial charge in [-0.05, 0) is 48.7 Å². The fraction of sp³-hybridized carbons (Fsp3) is 0.318. The number of halogens is 1. The molecule has 2 heterocycles. The van der Waals surface area contributed by atoms with Crippen LogP contribution in [-0.4, -0.2) is 37.4 Å². The van der Waals surface area contributed by atoms with Gasteiger partial charge in [0.1, 0.15) is 11.8 Å². The fourth-order valence-electron chi connectivity index (χ4n) is 4.00. The SMILES string of the molecule is COc1cc(Cl)c(C)cc1N1C(=O)CC(Nc2ccc3c(c2)CCN3C(C)=O)C1=O. The minimum Gasteiger partial charge on any atom is -0.495 e. The molecule has 2 aliphatic heterocycles. The molecule has 4 rings (SSSR count). The third-order valence-corrected chi connectivity index (χ3v) is 5.95. The number of amides is 3. The Bertz CT molecular complexity index is 1070. The lowest BCUT2D eigenvalue weighted by Gasteiger charge is -2.20. The van der Waals surface area contributed by atoms with Gasteiger partial charge in [-0.15, -0.1) is 0 Å². The van der Waals surface area contributed by atoms with Gasteiger partial charge in [-0.2, -0.15) is 0 Å². The standard InChI is InChI=1S/C22H22ClN3O4/c1-12-8-19(20(30-3)10-16(12)23)26-21(28)11-17(22(26)29)24-15-4-5-18-14(9-15)6-7-25(18)13(2)27/h4-5,8-10,17,24H,6-7,11H2,1-3H3. The lowest BCUT2D eigenvalue weighted by Crippen LogP contribution is -2.35. The molecular weight excluding hydrogens is 406 g/mol. The van der Waals surface area contributed by atoms with Gasteiger partial charge in [-0.3, -0.25) is 14.4 Å². The maximum atomic E-state index is 13.1. The normalized spacial score (nSPS) is 18.1. The second kappa shape index (κ2) is 7.65. The zero-order valence-electron chi connectivity index (χ0n) is 17.0. The maximum Gasteiger partial charge on any atom is 0.256 e. The number of carbonyl (C=O) groups excluding carboxylic acids is 3. The fourth-order valence-corrected chi connectivity index (χ4v) is 4.16. The molecule has 0 aliphatic carbocycles. The minimum absolute atomic E-state index is 0.00822. The van der Waals surface area contributed by atoms with Crippen LogP contribution < -0.4 is 19.9 Å². The first-order valence-corrected chi connectivity index (χ1v) is 10.1. The summed E-state index contributed by atoms with van der Waals surface area (Å²) in [7, 11) is 1.47. The van der Waals surface area contributed by atoms with Crippen LogP contribution in [0.15, 0.2) is 30.3 Å². The summed E-state index contributed by atoms with van der Waals surface area (Å²) in [5, 5.41) is 3.68. The zero-order valence-corrected chi connectivity index (χ0v) is 17.7. The van der Waals surface area contributed by atoms with Crippen molar-refractivity contribution in [1.29, 1.82) is 0 Å². The summed E-state index contributed by atoms with van der Waals surface area (Å²) in [6, 6.07) is 8.25. The molecule has 0 radical (unpaired) electrons. The summed E-state index contributed by atoms with van der Waals surface area (Å²) in [5.74, 6) is -0.268. The van der Waals surface area contributed by atoms with Gasteiger partial charge in [-0.25, -0.2) is 4.90 Å². The Morgan fingerprint density at radius 3 is 2.67 bits per heavy atom. The lowest BCUT2D eigenvalue weighted by molar-refractivity contribution is -0.121. The van der Waals surface area contributed by atoms with Crippen LogP contribution in [-0.2, 0) is 20.8 Å². The minimum atomic E-state index is -0.679. The van der Waals surface area contributed by atoms with Crippen molar-refractivity contribution in [3.8, 4) is 5.75 Å². The summed E-state index contributed by atoms with van der Waals surface area (Å²) < 4.78 is 5.34. The van der Waals surface area contributed by atoms with Gasteiger partial charge < -0.3 is 15.0 Å². The number of nitrogens with one attached hydrogen (secondary N) is 1. The number of nitrogens with zero attached hydrogens (tertiary/aromatic N) is 2.